The third-order valence-electron chi connectivity index (χ3n) is 2.60. The molecule has 84 valence electrons. The van der Waals surface area contributed by atoms with Crippen LogP contribution in [0, 0.1) is 0 Å². The Bertz CT molecular complexity index is 123. The fraction of sp³-hybridized carbons (Fsp3) is 1.00. The van der Waals surface area contributed by atoms with E-state index in [1.165, 1.54) is 56.5 Å². The predicted octanol–water partition coefficient (Wildman–Crippen LogP) is 3.87. The van der Waals surface area contributed by atoms with Crippen molar-refractivity contribution >= 4 is 11.8 Å². The lowest BCUT2D eigenvalue weighted by atomic mass is 10.1. The van der Waals surface area contributed by atoms with Crippen LogP contribution in [-0.2, 0) is 4.74 Å². The van der Waals surface area contributed by atoms with Crippen LogP contribution in [0.5, 0.6) is 0 Å². The topological polar surface area (TPSA) is 12.5 Å². The standard InChI is InChI=1S/C12H24OS/c1-2-3-4-5-6-7-8-9-14-11-12-10-13-12/h12H,2-11H2,1H3. The second-order valence-electron chi connectivity index (χ2n) is 4.15. The first-order chi connectivity index (χ1) is 6.93. The summed E-state index contributed by atoms with van der Waals surface area (Å²) < 4.78 is 5.16. The average Bonchev–Trinajstić information content (AvgIpc) is 2.99. The van der Waals surface area contributed by atoms with Crippen molar-refractivity contribution in [3.05, 3.63) is 0 Å². The van der Waals surface area contributed by atoms with Crippen LogP contribution in [0.3, 0.4) is 0 Å². The molecule has 0 aromatic rings. The summed E-state index contributed by atoms with van der Waals surface area (Å²) in [6.07, 6.45) is 10.6. The zero-order valence-corrected chi connectivity index (χ0v) is 10.3. The Morgan fingerprint density at radius 1 is 1.07 bits per heavy atom. The highest BCUT2D eigenvalue weighted by Crippen LogP contribution is 2.17. The Kier molecular flexibility index (Phi) is 7.61. The summed E-state index contributed by atoms with van der Waals surface area (Å²) in [5, 5.41) is 0. The number of epoxide rings is 1. The van der Waals surface area contributed by atoms with Crippen LogP contribution in [0.1, 0.15) is 51.9 Å². The van der Waals surface area contributed by atoms with E-state index in [-0.39, 0.29) is 0 Å². The Balaban J connectivity index is 1.63. The molecule has 1 aliphatic heterocycles. The van der Waals surface area contributed by atoms with Gasteiger partial charge in [-0.05, 0) is 12.2 Å². The maximum atomic E-state index is 5.16. The first kappa shape index (κ1) is 12.4. The zero-order valence-electron chi connectivity index (χ0n) is 9.46. The number of thioether (sulfide) groups is 1. The minimum absolute atomic E-state index is 0.615. The summed E-state index contributed by atoms with van der Waals surface area (Å²) in [6.45, 7) is 3.29. The van der Waals surface area contributed by atoms with Gasteiger partial charge in [0.2, 0.25) is 0 Å². The van der Waals surface area contributed by atoms with Gasteiger partial charge in [-0.25, -0.2) is 0 Å². The molecular formula is C12H24OS. The van der Waals surface area contributed by atoms with Gasteiger partial charge in [-0.2, -0.15) is 11.8 Å². The minimum Gasteiger partial charge on any atom is -0.372 e. The second kappa shape index (κ2) is 8.60. The molecule has 1 fully saturated rings. The second-order valence-corrected chi connectivity index (χ2v) is 5.30. The molecule has 1 saturated heterocycles. The van der Waals surface area contributed by atoms with E-state index in [4.69, 9.17) is 4.74 Å². The summed E-state index contributed by atoms with van der Waals surface area (Å²) in [5.41, 5.74) is 0. The van der Waals surface area contributed by atoms with E-state index in [1.54, 1.807) is 0 Å². The van der Waals surface area contributed by atoms with Crippen molar-refractivity contribution < 1.29 is 4.74 Å². The van der Waals surface area contributed by atoms with Crippen molar-refractivity contribution in [2.45, 2.75) is 58.0 Å². The summed E-state index contributed by atoms with van der Waals surface area (Å²) >= 11 is 2.07. The first-order valence-electron chi connectivity index (χ1n) is 6.13. The molecule has 2 heteroatoms. The molecular weight excluding hydrogens is 192 g/mol. The molecule has 1 unspecified atom stereocenters. The van der Waals surface area contributed by atoms with Crippen molar-refractivity contribution in [1.82, 2.24) is 0 Å². The third-order valence-corrected chi connectivity index (χ3v) is 3.78. The summed E-state index contributed by atoms with van der Waals surface area (Å²) in [5.74, 6) is 2.57. The van der Waals surface area contributed by atoms with E-state index in [2.05, 4.69) is 18.7 Å². The normalized spacial score (nSPS) is 19.9. The van der Waals surface area contributed by atoms with Gasteiger partial charge in [0, 0.05) is 5.75 Å². The van der Waals surface area contributed by atoms with Crippen molar-refractivity contribution in [2.24, 2.45) is 0 Å². The van der Waals surface area contributed by atoms with E-state index in [9.17, 15) is 0 Å². The summed E-state index contributed by atoms with van der Waals surface area (Å²) in [7, 11) is 0. The largest absolute Gasteiger partial charge is 0.372 e. The quantitative estimate of drug-likeness (QED) is 0.406. The molecule has 1 nitrogen and oxygen atoms in total. The Morgan fingerprint density at radius 2 is 1.71 bits per heavy atom. The highest BCUT2D eigenvalue weighted by atomic mass is 32.2. The lowest BCUT2D eigenvalue weighted by Gasteiger charge is -2.00. The fourth-order valence-electron chi connectivity index (χ4n) is 1.54. The zero-order chi connectivity index (χ0) is 10.1. The summed E-state index contributed by atoms with van der Waals surface area (Å²) in [6, 6.07) is 0. The van der Waals surface area contributed by atoms with Crippen molar-refractivity contribution in [3.8, 4) is 0 Å². The van der Waals surface area contributed by atoms with E-state index in [0.717, 1.165) is 6.61 Å². The van der Waals surface area contributed by atoms with Crippen LogP contribution >= 0.6 is 11.8 Å². The Hall–Kier alpha value is 0.310. The Labute approximate surface area is 93.0 Å². The van der Waals surface area contributed by atoms with Crippen LogP contribution in [0.2, 0.25) is 0 Å². The van der Waals surface area contributed by atoms with E-state index in [1.807, 2.05) is 0 Å². The first-order valence-corrected chi connectivity index (χ1v) is 7.28. The predicted molar refractivity (Wildman–Crippen MR) is 65.1 cm³/mol. The molecule has 0 radical (unpaired) electrons. The average molecular weight is 216 g/mol. The molecule has 0 aliphatic carbocycles. The van der Waals surface area contributed by atoms with Gasteiger partial charge in [-0.3, -0.25) is 0 Å². The SMILES string of the molecule is CCCCCCCCCSCC1CO1. The maximum Gasteiger partial charge on any atom is 0.0900 e. The van der Waals surface area contributed by atoms with E-state index >= 15 is 0 Å². The van der Waals surface area contributed by atoms with Crippen LogP contribution < -0.4 is 0 Å². The van der Waals surface area contributed by atoms with Gasteiger partial charge in [0.15, 0.2) is 0 Å². The number of hydrogen-bond acceptors (Lipinski definition) is 2. The Morgan fingerprint density at radius 3 is 2.36 bits per heavy atom. The van der Waals surface area contributed by atoms with Gasteiger partial charge >= 0.3 is 0 Å². The van der Waals surface area contributed by atoms with Gasteiger partial charge in [0.1, 0.15) is 0 Å². The monoisotopic (exact) mass is 216 g/mol. The molecule has 1 rings (SSSR count). The van der Waals surface area contributed by atoms with Gasteiger partial charge in [-0.15, -0.1) is 0 Å². The van der Waals surface area contributed by atoms with Gasteiger partial charge in [0.25, 0.3) is 0 Å². The highest BCUT2D eigenvalue weighted by molar-refractivity contribution is 7.99. The summed E-state index contributed by atoms with van der Waals surface area (Å²) in [4.78, 5) is 0. The number of ether oxygens (including phenoxy) is 1. The van der Waals surface area contributed by atoms with Crippen LogP contribution in [0.4, 0.5) is 0 Å². The fourth-order valence-corrected chi connectivity index (χ4v) is 2.57. The van der Waals surface area contributed by atoms with E-state index < -0.39 is 0 Å². The molecule has 0 saturated carbocycles. The number of rotatable bonds is 10. The van der Waals surface area contributed by atoms with Gasteiger partial charge in [-0.1, -0.05) is 45.4 Å². The minimum atomic E-state index is 0.615. The number of hydrogen-bond donors (Lipinski definition) is 0. The molecule has 0 spiro atoms. The van der Waals surface area contributed by atoms with Crippen LogP contribution in [0.15, 0.2) is 0 Å². The molecule has 0 aromatic heterocycles. The lowest BCUT2D eigenvalue weighted by Crippen LogP contribution is -1.91. The maximum absolute atomic E-state index is 5.16. The molecule has 0 bridgehead atoms. The molecule has 1 aliphatic rings. The molecule has 14 heavy (non-hydrogen) atoms. The van der Waals surface area contributed by atoms with Gasteiger partial charge in [0.05, 0.1) is 12.7 Å². The number of unbranched alkanes of at least 4 members (excludes halogenated alkanes) is 6. The van der Waals surface area contributed by atoms with Crippen LogP contribution in [0.25, 0.3) is 0 Å². The third kappa shape index (κ3) is 7.69. The van der Waals surface area contributed by atoms with Crippen molar-refractivity contribution in [1.29, 1.82) is 0 Å². The molecule has 0 aromatic carbocycles. The molecule has 1 heterocycles. The van der Waals surface area contributed by atoms with E-state index in [0.29, 0.717) is 6.10 Å². The van der Waals surface area contributed by atoms with Crippen LogP contribution in [-0.4, -0.2) is 24.2 Å². The van der Waals surface area contributed by atoms with Crippen molar-refractivity contribution in [3.63, 3.8) is 0 Å². The molecule has 0 N–H and O–H groups in total. The highest BCUT2D eigenvalue weighted by Gasteiger charge is 2.21. The molecule has 1 atom stereocenters. The smallest absolute Gasteiger partial charge is 0.0900 e. The van der Waals surface area contributed by atoms with Crippen molar-refractivity contribution in [2.75, 3.05) is 18.1 Å². The lowest BCUT2D eigenvalue weighted by molar-refractivity contribution is 0.426. The van der Waals surface area contributed by atoms with Gasteiger partial charge < -0.3 is 4.74 Å². The molecule has 0 amide bonds.